The van der Waals surface area contributed by atoms with Gasteiger partial charge in [-0.2, -0.15) is 5.10 Å². The van der Waals surface area contributed by atoms with E-state index in [9.17, 15) is 0 Å². The number of likely N-dealkylation sites (N-methyl/N-ethyl adjacent to an activating group) is 1. The third-order valence-electron chi connectivity index (χ3n) is 2.04. The second kappa shape index (κ2) is 5.57. The monoisotopic (exact) mass is 213 g/mol. The standard InChI is InChI=1S/C9H19N5O/c1-13(2)3-5-15-6-4-14-9(11)8(10)7-12-14/h7H,3-6,10-11H2,1-2H3. The third-order valence-corrected chi connectivity index (χ3v) is 2.04. The molecule has 4 N–H and O–H groups in total. The Morgan fingerprint density at radius 1 is 1.40 bits per heavy atom. The van der Waals surface area contributed by atoms with Crippen LogP contribution in [0.1, 0.15) is 0 Å². The van der Waals surface area contributed by atoms with Crippen molar-refractivity contribution in [3.63, 3.8) is 0 Å². The summed E-state index contributed by atoms with van der Waals surface area (Å²) < 4.78 is 7.06. The van der Waals surface area contributed by atoms with Crippen molar-refractivity contribution >= 4 is 11.5 Å². The van der Waals surface area contributed by atoms with Gasteiger partial charge in [0.1, 0.15) is 5.82 Å². The Labute approximate surface area is 89.8 Å². The molecule has 0 fully saturated rings. The molecule has 0 aliphatic rings. The van der Waals surface area contributed by atoms with Gasteiger partial charge in [-0.15, -0.1) is 0 Å². The van der Waals surface area contributed by atoms with Gasteiger partial charge in [-0.05, 0) is 14.1 Å². The fourth-order valence-corrected chi connectivity index (χ4v) is 1.09. The third kappa shape index (κ3) is 3.77. The Bertz CT molecular complexity index is 297. The minimum Gasteiger partial charge on any atom is -0.394 e. The van der Waals surface area contributed by atoms with E-state index in [4.69, 9.17) is 16.2 Å². The zero-order valence-electron chi connectivity index (χ0n) is 9.31. The predicted octanol–water partition coefficient (Wildman–Crippen LogP) is -0.374. The number of nitrogen functional groups attached to an aromatic ring is 2. The molecule has 0 aromatic carbocycles. The molecule has 15 heavy (non-hydrogen) atoms. The summed E-state index contributed by atoms with van der Waals surface area (Å²) >= 11 is 0. The highest BCUT2D eigenvalue weighted by Gasteiger charge is 2.02. The molecule has 0 aliphatic carbocycles. The topological polar surface area (TPSA) is 82.3 Å². The SMILES string of the molecule is CN(C)CCOCCn1ncc(N)c1N. The second-order valence-corrected chi connectivity index (χ2v) is 3.62. The first-order valence-electron chi connectivity index (χ1n) is 4.90. The van der Waals surface area contributed by atoms with Gasteiger partial charge in [-0.25, -0.2) is 4.68 Å². The van der Waals surface area contributed by atoms with E-state index in [1.54, 1.807) is 10.9 Å². The normalized spacial score (nSPS) is 11.1. The summed E-state index contributed by atoms with van der Waals surface area (Å²) in [6.45, 7) is 2.86. The van der Waals surface area contributed by atoms with Gasteiger partial charge in [-0.3, -0.25) is 0 Å². The van der Waals surface area contributed by atoms with Crippen molar-refractivity contribution in [1.82, 2.24) is 14.7 Å². The fourth-order valence-electron chi connectivity index (χ4n) is 1.09. The van der Waals surface area contributed by atoms with Crippen molar-refractivity contribution in [2.45, 2.75) is 6.54 Å². The molecule has 6 nitrogen and oxygen atoms in total. The summed E-state index contributed by atoms with van der Waals surface area (Å²) in [6, 6.07) is 0. The van der Waals surface area contributed by atoms with Crippen molar-refractivity contribution in [3.05, 3.63) is 6.20 Å². The summed E-state index contributed by atoms with van der Waals surface area (Å²) in [7, 11) is 4.02. The van der Waals surface area contributed by atoms with Gasteiger partial charge in [0.15, 0.2) is 0 Å². The minimum absolute atomic E-state index is 0.506. The highest BCUT2D eigenvalue weighted by Crippen LogP contribution is 2.11. The van der Waals surface area contributed by atoms with Gasteiger partial charge in [0.25, 0.3) is 0 Å². The van der Waals surface area contributed by atoms with Crippen molar-refractivity contribution in [2.24, 2.45) is 0 Å². The lowest BCUT2D eigenvalue weighted by atomic mass is 10.5. The zero-order valence-corrected chi connectivity index (χ0v) is 9.31. The molecule has 0 aliphatic heterocycles. The molecule has 0 saturated carbocycles. The minimum atomic E-state index is 0.506. The maximum absolute atomic E-state index is 5.68. The van der Waals surface area contributed by atoms with E-state index in [1.165, 1.54) is 0 Å². The van der Waals surface area contributed by atoms with Crippen LogP contribution in [0.25, 0.3) is 0 Å². The summed E-state index contributed by atoms with van der Waals surface area (Å²) in [5, 5.41) is 4.02. The van der Waals surface area contributed by atoms with Crippen LogP contribution >= 0.6 is 0 Å². The van der Waals surface area contributed by atoms with Crippen molar-refractivity contribution in [1.29, 1.82) is 0 Å². The van der Waals surface area contributed by atoms with Gasteiger partial charge < -0.3 is 21.1 Å². The van der Waals surface area contributed by atoms with Crippen LogP contribution in [0.3, 0.4) is 0 Å². The van der Waals surface area contributed by atoms with Crippen molar-refractivity contribution < 1.29 is 4.74 Å². The van der Waals surface area contributed by atoms with Crippen LogP contribution in [0.4, 0.5) is 11.5 Å². The summed E-state index contributed by atoms with van der Waals surface area (Å²) in [5.74, 6) is 0.506. The molecular formula is C9H19N5O. The van der Waals surface area contributed by atoms with Crippen LogP contribution in [-0.2, 0) is 11.3 Å². The van der Waals surface area contributed by atoms with Crippen LogP contribution in [-0.4, -0.2) is 48.5 Å². The number of ether oxygens (including phenoxy) is 1. The van der Waals surface area contributed by atoms with Crippen LogP contribution in [0.2, 0.25) is 0 Å². The molecule has 0 radical (unpaired) electrons. The zero-order chi connectivity index (χ0) is 11.3. The Morgan fingerprint density at radius 2 is 2.13 bits per heavy atom. The Hall–Kier alpha value is -1.27. The molecule has 1 aromatic rings. The molecule has 0 spiro atoms. The maximum Gasteiger partial charge on any atom is 0.145 e. The van der Waals surface area contributed by atoms with Gasteiger partial charge in [0.2, 0.25) is 0 Å². The van der Waals surface area contributed by atoms with E-state index in [2.05, 4.69) is 10.00 Å². The first kappa shape index (κ1) is 11.8. The number of nitrogens with zero attached hydrogens (tertiary/aromatic N) is 3. The van der Waals surface area contributed by atoms with E-state index in [1.807, 2.05) is 14.1 Å². The molecular weight excluding hydrogens is 194 g/mol. The molecule has 1 heterocycles. The molecule has 1 rings (SSSR count). The summed E-state index contributed by atoms with van der Waals surface area (Å²) in [4.78, 5) is 2.07. The highest BCUT2D eigenvalue weighted by atomic mass is 16.5. The average Bonchev–Trinajstić information content (AvgIpc) is 2.48. The van der Waals surface area contributed by atoms with Crippen LogP contribution in [0.5, 0.6) is 0 Å². The molecule has 0 amide bonds. The van der Waals surface area contributed by atoms with Gasteiger partial charge >= 0.3 is 0 Å². The lowest BCUT2D eigenvalue weighted by molar-refractivity contribution is 0.109. The maximum atomic E-state index is 5.68. The quantitative estimate of drug-likeness (QED) is 0.630. The average molecular weight is 213 g/mol. The van der Waals surface area contributed by atoms with Gasteiger partial charge in [0, 0.05) is 6.54 Å². The number of rotatable bonds is 6. The number of nitrogens with two attached hydrogens (primary N) is 2. The predicted molar refractivity (Wildman–Crippen MR) is 60.4 cm³/mol. The van der Waals surface area contributed by atoms with Crippen molar-refractivity contribution in [2.75, 3.05) is 45.3 Å². The Kier molecular flexibility index (Phi) is 4.38. The molecule has 86 valence electrons. The van der Waals surface area contributed by atoms with E-state index in [0.717, 1.165) is 6.54 Å². The van der Waals surface area contributed by atoms with E-state index >= 15 is 0 Å². The fraction of sp³-hybridized carbons (Fsp3) is 0.667. The van der Waals surface area contributed by atoms with E-state index in [-0.39, 0.29) is 0 Å². The molecule has 0 saturated heterocycles. The number of aromatic nitrogens is 2. The first-order chi connectivity index (χ1) is 7.11. The lowest BCUT2D eigenvalue weighted by Gasteiger charge is -2.10. The second-order valence-electron chi connectivity index (χ2n) is 3.62. The van der Waals surface area contributed by atoms with E-state index in [0.29, 0.717) is 31.3 Å². The smallest absolute Gasteiger partial charge is 0.145 e. The van der Waals surface area contributed by atoms with Gasteiger partial charge in [0.05, 0.1) is 31.6 Å². The lowest BCUT2D eigenvalue weighted by Crippen LogP contribution is -2.19. The molecule has 0 atom stereocenters. The number of hydrogen-bond donors (Lipinski definition) is 2. The van der Waals surface area contributed by atoms with Crippen LogP contribution in [0.15, 0.2) is 6.20 Å². The molecule has 1 aromatic heterocycles. The largest absolute Gasteiger partial charge is 0.394 e. The first-order valence-corrected chi connectivity index (χ1v) is 4.90. The Balaban J connectivity index is 2.18. The highest BCUT2D eigenvalue weighted by molar-refractivity contribution is 5.56. The Morgan fingerprint density at radius 3 is 2.67 bits per heavy atom. The number of anilines is 2. The van der Waals surface area contributed by atoms with Crippen molar-refractivity contribution in [3.8, 4) is 0 Å². The van der Waals surface area contributed by atoms with Crippen LogP contribution in [0, 0.1) is 0 Å². The van der Waals surface area contributed by atoms with Crippen LogP contribution < -0.4 is 11.5 Å². The molecule has 0 bridgehead atoms. The summed E-state index contributed by atoms with van der Waals surface area (Å²) in [6.07, 6.45) is 1.55. The summed E-state index contributed by atoms with van der Waals surface area (Å²) in [5.41, 5.74) is 11.7. The number of hydrogen-bond acceptors (Lipinski definition) is 5. The van der Waals surface area contributed by atoms with Gasteiger partial charge in [-0.1, -0.05) is 0 Å². The molecule has 6 heteroatoms. The molecule has 0 unspecified atom stereocenters. The van der Waals surface area contributed by atoms with E-state index < -0.39 is 0 Å².